The first-order chi connectivity index (χ1) is 18.6. The number of piperidine rings is 1. The zero-order chi connectivity index (χ0) is 27.3. The van der Waals surface area contributed by atoms with Crippen molar-refractivity contribution in [2.24, 2.45) is 5.92 Å². The summed E-state index contributed by atoms with van der Waals surface area (Å²) in [6, 6.07) is 25.8. The van der Waals surface area contributed by atoms with Gasteiger partial charge in [-0.3, -0.25) is 9.69 Å². The van der Waals surface area contributed by atoms with E-state index in [1.807, 2.05) is 90.8 Å². The lowest BCUT2D eigenvalue weighted by molar-refractivity contribution is -0.156. The fourth-order valence-electron chi connectivity index (χ4n) is 4.71. The van der Waals surface area contributed by atoms with Crippen LogP contribution in [-0.4, -0.2) is 55.3 Å². The van der Waals surface area contributed by atoms with Crippen LogP contribution in [0.5, 0.6) is 5.75 Å². The minimum absolute atomic E-state index is 0.0810. The zero-order valence-electron chi connectivity index (χ0n) is 22.3. The van der Waals surface area contributed by atoms with Gasteiger partial charge in [0.05, 0.1) is 13.7 Å². The van der Waals surface area contributed by atoms with Gasteiger partial charge in [0.25, 0.3) is 0 Å². The molecule has 2 unspecified atom stereocenters. The van der Waals surface area contributed by atoms with Crippen LogP contribution in [0.4, 0.5) is 5.69 Å². The number of carbonyl (C=O) groups excluding carboxylic acids is 2. The highest BCUT2D eigenvalue weighted by atomic mass is 79.9. The van der Waals surface area contributed by atoms with Gasteiger partial charge in [-0.1, -0.05) is 89.6 Å². The van der Waals surface area contributed by atoms with Crippen LogP contribution >= 0.6 is 15.9 Å². The smallest absolute Gasteiger partial charge is 0.333 e. The summed E-state index contributed by atoms with van der Waals surface area (Å²) in [6.07, 6.45) is 1.52. The molecule has 1 saturated heterocycles. The molecule has 1 heterocycles. The van der Waals surface area contributed by atoms with Crippen molar-refractivity contribution in [2.75, 3.05) is 37.9 Å². The predicted molar refractivity (Wildman–Crippen MR) is 156 cm³/mol. The molecule has 3 atom stereocenters. The molecular weight excluding hydrogens is 544 g/mol. The molecule has 1 aliphatic heterocycles. The normalized spacial score (nSPS) is 17.9. The average molecular weight is 582 g/mol. The summed E-state index contributed by atoms with van der Waals surface area (Å²) in [7, 11) is 1.62. The highest BCUT2D eigenvalue weighted by Crippen LogP contribution is 2.28. The van der Waals surface area contributed by atoms with Gasteiger partial charge in [-0.2, -0.15) is 0 Å². The van der Waals surface area contributed by atoms with E-state index in [1.54, 1.807) is 7.11 Å². The van der Waals surface area contributed by atoms with Gasteiger partial charge < -0.3 is 14.8 Å². The molecule has 0 aromatic heterocycles. The molecule has 0 aliphatic carbocycles. The van der Waals surface area contributed by atoms with Crippen LogP contribution in [0.1, 0.15) is 41.7 Å². The molecule has 1 N–H and O–H groups in total. The molecular formula is C31H37BrN2O4. The first kappa shape index (κ1) is 29.4. The third kappa shape index (κ3) is 8.17. The van der Waals surface area contributed by atoms with Gasteiger partial charge in [-0.15, -0.1) is 0 Å². The zero-order valence-corrected chi connectivity index (χ0v) is 23.9. The summed E-state index contributed by atoms with van der Waals surface area (Å²) in [5.74, 6) is 2.52. The second-order valence-corrected chi connectivity index (χ2v) is 9.18. The summed E-state index contributed by atoms with van der Waals surface area (Å²) < 4.78 is 11.5. The molecule has 0 spiro atoms. The van der Waals surface area contributed by atoms with Gasteiger partial charge in [0, 0.05) is 23.9 Å². The molecule has 6 nitrogen and oxygen atoms in total. The molecule has 4 rings (SSSR count). The van der Waals surface area contributed by atoms with E-state index in [9.17, 15) is 9.59 Å². The van der Waals surface area contributed by atoms with Crippen molar-refractivity contribution in [1.82, 2.24) is 4.90 Å². The number of likely N-dealkylation sites (tertiary alicyclic amines) is 1. The maximum atomic E-state index is 13.6. The van der Waals surface area contributed by atoms with Crippen molar-refractivity contribution < 1.29 is 19.1 Å². The minimum Gasteiger partial charge on any atom is -0.497 e. The molecule has 0 amide bonds. The standard InChI is InChI=1S/C30H34N2O4.CH3Br/c1-3-22-17-18-32(20-27(33)23-11-6-4-7-12-23)21-28(22)36-30(34)29(24-13-8-5-9-14-24)31-25-15-10-16-26(19-25)35-2;1-2/h4-16,19,22,28-29,31H,3,17-18,20-21H2,1-2H3;1H3/t22?,28-,29?;/m0./s1. The molecule has 38 heavy (non-hydrogen) atoms. The highest BCUT2D eigenvalue weighted by Gasteiger charge is 2.34. The molecule has 202 valence electrons. The van der Waals surface area contributed by atoms with E-state index in [-0.39, 0.29) is 23.8 Å². The number of carbonyl (C=O) groups is 2. The summed E-state index contributed by atoms with van der Waals surface area (Å²) in [6.45, 7) is 3.80. The topological polar surface area (TPSA) is 67.9 Å². The number of ketones is 1. The summed E-state index contributed by atoms with van der Waals surface area (Å²) in [4.78, 5) is 28.5. The molecule has 0 saturated carbocycles. The number of ether oxygens (including phenoxy) is 2. The van der Waals surface area contributed by atoms with Crippen LogP contribution < -0.4 is 10.1 Å². The third-order valence-corrected chi connectivity index (χ3v) is 6.78. The van der Waals surface area contributed by atoms with Crippen molar-refractivity contribution in [3.05, 3.63) is 96.1 Å². The van der Waals surface area contributed by atoms with Gasteiger partial charge >= 0.3 is 5.97 Å². The number of nitrogens with one attached hydrogen (secondary N) is 1. The Hall–Kier alpha value is -3.16. The number of hydrogen-bond acceptors (Lipinski definition) is 6. The van der Waals surface area contributed by atoms with Crippen molar-refractivity contribution in [1.29, 1.82) is 0 Å². The Balaban J connectivity index is 0.00000195. The molecule has 1 fully saturated rings. The third-order valence-electron chi connectivity index (χ3n) is 6.78. The molecule has 0 bridgehead atoms. The van der Waals surface area contributed by atoms with Gasteiger partial charge in [0.15, 0.2) is 11.8 Å². The van der Waals surface area contributed by atoms with Gasteiger partial charge in [0.2, 0.25) is 0 Å². The number of Topliss-reactive ketones (excluding diaryl/α,β-unsaturated/α-hetero) is 1. The Kier molecular flexibility index (Phi) is 11.8. The lowest BCUT2D eigenvalue weighted by Gasteiger charge is -2.38. The van der Waals surface area contributed by atoms with E-state index >= 15 is 0 Å². The van der Waals surface area contributed by atoms with E-state index in [0.717, 1.165) is 30.6 Å². The number of anilines is 1. The maximum Gasteiger partial charge on any atom is 0.333 e. The van der Waals surface area contributed by atoms with Crippen molar-refractivity contribution >= 4 is 33.4 Å². The predicted octanol–water partition coefficient (Wildman–Crippen LogP) is 6.39. The monoisotopic (exact) mass is 580 g/mol. The largest absolute Gasteiger partial charge is 0.497 e. The van der Waals surface area contributed by atoms with Crippen molar-refractivity contribution in [3.8, 4) is 5.75 Å². The van der Waals surface area contributed by atoms with E-state index < -0.39 is 6.04 Å². The van der Waals surface area contributed by atoms with Gasteiger partial charge in [-0.25, -0.2) is 4.79 Å². The number of halogens is 1. The Morgan fingerprint density at radius 1 is 1.00 bits per heavy atom. The van der Waals surface area contributed by atoms with Crippen molar-refractivity contribution in [3.63, 3.8) is 0 Å². The second-order valence-electron chi connectivity index (χ2n) is 9.18. The number of nitrogens with zero attached hydrogens (tertiary/aromatic N) is 1. The minimum atomic E-state index is -0.669. The van der Waals surface area contributed by atoms with Gasteiger partial charge in [-0.05, 0) is 48.8 Å². The molecule has 3 aromatic rings. The number of benzene rings is 3. The SMILES string of the molecule is CBr.CCC1CCN(CC(=O)c2ccccc2)C[C@@H]1OC(=O)C(Nc1cccc(OC)c1)c1ccccc1. The van der Waals surface area contributed by atoms with E-state index in [0.29, 0.717) is 24.4 Å². The van der Waals surface area contributed by atoms with Crippen LogP contribution in [0.2, 0.25) is 0 Å². The fourth-order valence-corrected chi connectivity index (χ4v) is 4.71. The van der Waals surface area contributed by atoms with Gasteiger partial charge in [0.1, 0.15) is 11.9 Å². The molecule has 1 aliphatic rings. The van der Waals surface area contributed by atoms with Crippen LogP contribution in [0.25, 0.3) is 0 Å². The van der Waals surface area contributed by atoms with Crippen LogP contribution in [0.3, 0.4) is 0 Å². The van der Waals surface area contributed by atoms with E-state index in [1.165, 1.54) is 0 Å². The van der Waals surface area contributed by atoms with Crippen LogP contribution in [0.15, 0.2) is 84.9 Å². The Morgan fingerprint density at radius 2 is 1.68 bits per heavy atom. The number of alkyl halides is 1. The fraction of sp³-hybridized carbons (Fsp3) is 0.355. The van der Waals surface area contributed by atoms with Crippen molar-refractivity contribution in [2.45, 2.75) is 31.9 Å². The van der Waals surface area contributed by atoms with Crippen LogP contribution in [-0.2, 0) is 9.53 Å². The number of hydrogen-bond donors (Lipinski definition) is 1. The lowest BCUT2D eigenvalue weighted by atomic mass is 9.91. The Morgan fingerprint density at radius 3 is 2.34 bits per heavy atom. The molecule has 3 aromatic carbocycles. The number of esters is 1. The first-order valence-corrected chi connectivity index (χ1v) is 14.5. The van der Waals surface area contributed by atoms with Crippen LogP contribution in [0, 0.1) is 5.92 Å². The summed E-state index contributed by atoms with van der Waals surface area (Å²) in [5, 5.41) is 3.33. The number of methoxy groups -OCH3 is 1. The quantitative estimate of drug-likeness (QED) is 0.170. The Labute approximate surface area is 234 Å². The van der Waals surface area contributed by atoms with E-state index in [2.05, 4.69) is 33.1 Å². The summed E-state index contributed by atoms with van der Waals surface area (Å²) >= 11 is 2.94. The number of rotatable bonds is 10. The lowest BCUT2D eigenvalue weighted by Crippen LogP contribution is -2.48. The highest BCUT2D eigenvalue weighted by molar-refractivity contribution is 9.08. The first-order valence-electron chi connectivity index (χ1n) is 12.9. The average Bonchev–Trinajstić information content (AvgIpc) is 2.98. The maximum absolute atomic E-state index is 13.6. The Bertz CT molecular complexity index is 1140. The molecule has 7 heteroatoms. The van der Waals surface area contributed by atoms with E-state index in [4.69, 9.17) is 9.47 Å². The summed E-state index contributed by atoms with van der Waals surface area (Å²) in [5.41, 5.74) is 2.30. The molecule has 0 radical (unpaired) electrons. The second kappa shape index (κ2) is 15.3.